The Kier molecular flexibility index (Phi) is 7.19. The van der Waals surface area contributed by atoms with Crippen LogP contribution in [0.4, 0.5) is 16.4 Å². The van der Waals surface area contributed by atoms with Crippen molar-refractivity contribution in [1.29, 1.82) is 0 Å². The molecule has 36 heavy (non-hydrogen) atoms. The Morgan fingerprint density at radius 3 is 2.61 bits per heavy atom. The zero-order valence-corrected chi connectivity index (χ0v) is 21.1. The quantitative estimate of drug-likeness (QED) is 0.305. The van der Waals surface area contributed by atoms with Crippen LogP contribution in [0.25, 0.3) is 11.2 Å². The lowest BCUT2D eigenvalue weighted by atomic mass is 10.2. The molecule has 0 bridgehead atoms. The number of amides is 1. The lowest BCUT2D eigenvalue weighted by Crippen LogP contribution is -2.25. The molecule has 0 radical (unpaired) electrons. The summed E-state index contributed by atoms with van der Waals surface area (Å²) in [5.74, 6) is -0.240. The van der Waals surface area contributed by atoms with E-state index in [4.69, 9.17) is 4.74 Å². The maximum absolute atomic E-state index is 12.5. The van der Waals surface area contributed by atoms with Gasteiger partial charge in [0, 0.05) is 31.7 Å². The summed E-state index contributed by atoms with van der Waals surface area (Å²) >= 11 is 0. The number of fused-ring (bicyclic) bond motifs is 1. The van der Waals surface area contributed by atoms with Crippen LogP contribution < -0.4 is 16.2 Å². The summed E-state index contributed by atoms with van der Waals surface area (Å²) < 4.78 is 6.56. The SMILES string of the molecule is C[Si](C)(C)CCOC(=O)Nc1nc2ncc(CNc3ccc(C(=O)n4ccnc4)cc3)nc2c(=O)[nH]1. The molecule has 0 fully saturated rings. The fourth-order valence-corrected chi connectivity index (χ4v) is 3.85. The van der Waals surface area contributed by atoms with Crippen molar-refractivity contribution < 1.29 is 14.3 Å². The van der Waals surface area contributed by atoms with Gasteiger partial charge in [-0.15, -0.1) is 0 Å². The third-order valence-corrected chi connectivity index (χ3v) is 6.82. The van der Waals surface area contributed by atoms with Crippen LogP contribution >= 0.6 is 0 Å². The fourth-order valence-electron chi connectivity index (χ4n) is 3.13. The molecule has 0 saturated heterocycles. The molecule has 0 spiro atoms. The van der Waals surface area contributed by atoms with Crippen molar-refractivity contribution in [3.8, 4) is 0 Å². The number of hydrogen-bond acceptors (Lipinski definition) is 9. The van der Waals surface area contributed by atoms with Gasteiger partial charge in [-0.25, -0.2) is 19.7 Å². The minimum absolute atomic E-state index is 0.0493. The van der Waals surface area contributed by atoms with Gasteiger partial charge in [-0.05, 0) is 30.3 Å². The Hall–Kier alpha value is -4.39. The van der Waals surface area contributed by atoms with Crippen molar-refractivity contribution in [3.05, 3.63) is 70.8 Å². The molecule has 3 aromatic heterocycles. The molecule has 186 valence electrons. The third kappa shape index (κ3) is 6.38. The summed E-state index contributed by atoms with van der Waals surface area (Å²) in [6.45, 7) is 7.14. The summed E-state index contributed by atoms with van der Waals surface area (Å²) in [5.41, 5.74) is 1.41. The van der Waals surface area contributed by atoms with Gasteiger partial charge in [-0.2, -0.15) is 4.98 Å². The first-order valence-corrected chi connectivity index (χ1v) is 14.9. The van der Waals surface area contributed by atoms with E-state index in [0.717, 1.165) is 11.7 Å². The predicted octanol–water partition coefficient (Wildman–Crippen LogP) is 3.10. The molecular weight excluding hydrogens is 480 g/mol. The number of nitrogens with zero attached hydrogens (tertiary/aromatic N) is 5. The van der Waals surface area contributed by atoms with Gasteiger partial charge < -0.3 is 10.1 Å². The minimum atomic E-state index is -1.33. The number of aromatic nitrogens is 6. The lowest BCUT2D eigenvalue weighted by Gasteiger charge is -2.15. The van der Waals surface area contributed by atoms with Crippen LogP contribution in [0.15, 0.2) is 54.0 Å². The van der Waals surface area contributed by atoms with Crippen molar-refractivity contribution in [2.45, 2.75) is 32.2 Å². The average Bonchev–Trinajstić information content (AvgIpc) is 3.37. The first-order valence-electron chi connectivity index (χ1n) is 11.2. The largest absolute Gasteiger partial charge is 0.450 e. The molecule has 3 N–H and O–H groups in total. The van der Waals surface area contributed by atoms with Crippen molar-refractivity contribution in [2.24, 2.45) is 0 Å². The van der Waals surface area contributed by atoms with Crippen LogP contribution in [0, 0.1) is 0 Å². The molecule has 12 nitrogen and oxygen atoms in total. The van der Waals surface area contributed by atoms with Crippen molar-refractivity contribution in [1.82, 2.24) is 29.5 Å². The molecule has 0 aliphatic heterocycles. The normalized spacial score (nSPS) is 11.3. The van der Waals surface area contributed by atoms with Gasteiger partial charge in [-0.1, -0.05) is 19.6 Å². The van der Waals surface area contributed by atoms with E-state index in [0.29, 0.717) is 24.4 Å². The lowest BCUT2D eigenvalue weighted by molar-refractivity contribution is 0.0959. The van der Waals surface area contributed by atoms with E-state index in [-0.39, 0.29) is 23.0 Å². The molecule has 0 aliphatic carbocycles. The summed E-state index contributed by atoms with van der Waals surface area (Å²) in [4.78, 5) is 55.9. The molecule has 0 atom stereocenters. The number of rotatable bonds is 8. The Balaban J connectivity index is 1.37. The predicted molar refractivity (Wildman–Crippen MR) is 137 cm³/mol. The van der Waals surface area contributed by atoms with Crippen LogP contribution in [-0.4, -0.2) is 56.2 Å². The number of carbonyl (C=O) groups is 2. The minimum Gasteiger partial charge on any atom is -0.450 e. The van der Waals surface area contributed by atoms with Crippen molar-refractivity contribution in [3.63, 3.8) is 0 Å². The van der Waals surface area contributed by atoms with Gasteiger partial charge in [0.1, 0.15) is 6.33 Å². The summed E-state index contributed by atoms with van der Waals surface area (Å²) in [7, 11) is -1.33. The molecule has 13 heteroatoms. The van der Waals surface area contributed by atoms with E-state index in [9.17, 15) is 14.4 Å². The maximum atomic E-state index is 12.5. The van der Waals surface area contributed by atoms with Gasteiger partial charge in [0.05, 0.1) is 25.0 Å². The molecule has 3 heterocycles. The number of carbonyl (C=O) groups excluding carboxylic acids is 2. The van der Waals surface area contributed by atoms with Gasteiger partial charge in [0.25, 0.3) is 11.5 Å². The topological polar surface area (TPSA) is 157 Å². The Labute approximate surface area is 207 Å². The number of nitrogens with one attached hydrogen (secondary N) is 3. The number of benzene rings is 1. The molecule has 4 rings (SSSR count). The second-order valence-electron chi connectivity index (χ2n) is 9.23. The summed E-state index contributed by atoms with van der Waals surface area (Å²) in [5, 5.41) is 5.60. The molecule has 1 aromatic carbocycles. The fraction of sp³-hybridized carbons (Fsp3) is 0.261. The summed E-state index contributed by atoms with van der Waals surface area (Å²) in [6, 6.07) is 7.78. The second-order valence-corrected chi connectivity index (χ2v) is 14.8. The molecule has 0 saturated carbocycles. The van der Waals surface area contributed by atoms with E-state index in [2.05, 4.69) is 55.2 Å². The van der Waals surface area contributed by atoms with Crippen LogP contribution in [-0.2, 0) is 11.3 Å². The second kappa shape index (κ2) is 10.5. The number of anilines is 2. The number of ether oxygens (including phenoxy) is 1. The highest BCUT2D eigenvalue weighted by Crippen LogP contribution is 2.13. The van der Waals surface area contributed by atoms with Crippen LogP contribution in [0.3, 0.4) is 0 Å². The number of H-pyrrole nitrogens is 1. The standard InChI is InChI=1S/C23H26N8O4Si/c1-36(2,3)11-10-35-23(34)30-22-28-19-18(20(32)29-22)27-17(13-26-19)12-25-16-6-4-15(5-7-16)21(33)31-9-8-24-14-31/h4-9,13-14,25H,10-12H2,1-3H3,(H2,26,28,29,30,32,34). The number of aromatic amines is 1. The third-order valence-electron chi connectivity index (χ3n) is 5.12. The zero-order chi connectivity index (χ0) is 25.7. The van der Waals surface area contributed by atoms with E-state index in [1.54, 1.807) is 36.7 Å². The summed E-state index contributed by atoms with van der Waals surface area (Å²) in [6.07, 6.45) is 5.38. The molecule has 0 aliphatic rings. The first-order chi connectivity index (χ1) is 17.2. The van der Waals surface area contributed by atoms with Crippen LogP contribution in [0.2, 0.25) is 25.7 Å². The zero-order valence-electron chi connectivity index (χ0n) is 20.1. The highest BCUT2D eigenvalue weighted by molar-refractivity contribution is 6.76. The van der Waals surface area contributed by atoms with E-state index in [1.165, 1.54) is 17.1 Å². The van der Waals surface area contributed by atoms with Crippen molar-refractivity contribution >= 4 is 42.9 Å². The maximum Gasteiger partial charge on any atom is 0.413 e. The Morgan fingerprint density at radius 2 is 1.92 bits per heavy atom. The number of imidazole rings is 1. The highest BCUT2D eigenvalue weighted by atomic mass is 28.3. The van der Waals surface area contributed by atoms with E-state index >= 15 is 0 Å². The van der Waals surface area contributed by atoms with Crippen molar-refractivity contribution in [2.75, 3.05) is 17.2 Å². The first kappa shape index (κ1) is 24.7. The molecule has 0 unspecified atom stereocenters. The molecular formula is C23H26N8O4Si. The van der Waals surface area contributed by atoms with Gasteiger partial charge >= 0.3 is 6.09 Å². The van der Waals surface area contributed by atoms with Crippen LogP contribution in [0.1, 0.15) is 16.1 Å². The Morgan fingerprint density at radius 1 is 1.14 bits per heavy atom. The highest BCUT2D eigenvalue weighted by Gasteiger charge is 2.15. The smallest absolute Gasteiger partial charge is 0.413 e. The van der Waals surface area contributed by atoms with E-state index in [1.807, 2.05) is 0 Å². The average molecular weight is 507 g/mol. The Bertz CT molecular complexity index is 1430. The molecule has 1 amide bonds. The van der Waals surface area contributed by atoms with Crippen LogP contribution in [0.5, 0.6) is 0 Å². The van der Waals surface area contributed by atoms with Gasteiger partial charge in [0.2, 0.25) is 5.95 Å². The monoisotopic (exact) mass is 506 g/mol. The van der Waals surface area contributed by atoms with Gasteiger partial charge in [0.15, 0.2) is 11.2 Å². The molecule has 4 aromatic rings. The van der Waals surface area contributed by atoms with Gasteiger partial charge in [-0.3, -0.25) is 24.5 Å². The van der Waals surface area contributed by atoms with E-state index < -0.39 is 19.7 Å². The number of hydrogen-bond donors (Lipinski definition) is 3.